The summed E-state index contributed by atoms with van der Waals surface area (Å²) in [6.45, 7) is 6.68. The summed E-state index contributed by atoms with van der Waals surface area (Å²) in [6, 6.07) is 8.67. The Labute approximate surface area is 180 Å². The number of benzene rings is 2. The SMILES string of the molecule is CC1CC(C)(C)N(C)c2cc(Cl)c(/C=N\NC(=O)c3ccc(Cl)c(Cl)c3)cc21. The largest absolute Gasteiger partial charge is 0.369 e. The molecule has 0 radical (unpaired) electrons. The molecule has 1 heterocycles. The Morgan fingerprint density at radius 3 is 2.57 bits per heavy atom. The third-order valence-corrected chi connectivity index (χ3v) is 6.37. The average molecular weight is 439 g/mol. The number of nitrogens with zero attached hydrogens (tertiary/aromatic N) is 2. The van der Waals surface area contributed by atoms with E-state index in [1.54, 1.807) is 18.3 Å². The summed E-state index contributed by atoms with van der Waals surface area (Å²) in [7, 11) is 2.09. The van der Waals surface area contributed by atoms with Crippen LogP contribution < -0.4 is 10.3 Å². The van der Waals surface area contributed by atoms with E-state index in [1.165, 1.54) is 11.6 Å². The van der Waals surface area contributed by atoms with Crippen LogP contribution in [0.15, 0.2) is 35.4 Å². The fourth-order valence-corrected chi connectivity index (χ4v) is 4.07. The summed E-state index contributed by atoms with van der Waals surface area (Å²) < 4.78 is 0. The first-order chi connectivity index (χ1) is 13.1. The van der Waals surface area contributed by atoms with Gasteiger partial charge in [0.05, 0.1) is 21.3 Å². The van der Waals surface area contributed by atoms with Crippen LogP contribution in [0.25, 0.3) is 0 Å². The van der Waals surface area contributed by atoms with E-state index in [0.717, 1.165) is 17.7 Å². The highest BCUT2D eigenvalue weighted by Crippen LogP contribution is 2.44. The van der Waals surface area contributed by atoms with Gasteiger partial charge in [0.1, 0.15) is 0 Å². The molecule has 0 bridgehead atoms. The molecule has 1 aliphatic heterocycles. The zero-order valence-electron chi connectivity index (χ0n) is 16.2. The highest BCUT2D eigenvalue weighted by Gasteiger charge is 2.34. The fourth-order valence-electron chi connectivity index (χ4n) is 3.57. The minimum atomic E-state index is -0.376. The molecule has 28 heavy (non-hydrogen) atoms. The zero-order chi connectivity index (χ0) is 20.6. The lowest BCUT2D eigenvalue weighted by Gasteiger charge is -2.45. The van der Waals surface area contributed by atoms with E-state index in [9.17, 15) is 4.79 Å². The van der Waals surface area contributed by atoms with Gasteiger partial charge in [-0.15, -0.1) is 0 Å². The molecule has 2 aromatic rings. The van der Waals surface area contributed by atoms with Crippen molar-refractivity contribution in [1.29, 1.82) is 0 Å². The summed E-state index contributed by atoms with van der Waals surface area (Å²) in [4.78, 5) is 14.5. The van der Waals surface area contributed by atoms with Crippen LogP contribution in [0.5, 0.6) is 0 Å². The Bertz CT molecular complexity index is 956. The fraction of sp³-hybridized carbons (Fsp3) is 0.333. The number of anilines is 1. The van der Waals surface area contributed by atoms with Gasteiger partial charge in [0.25, 0.3) is 5.91 Å². The number of fused-ring (bicyclic) bond motifs is 1. The van der Waals surface area contributed by atoms with Crippen molar-refractivity contribution >= 4 is 52.6 Å². The predicted octanol–water partition coefficient (Wildman–Crippen LogP) is 6.13. The number of carbonyl (C=O) groups excluding carboxylic acids is 1. The van der Waals surface area contributed by atoms with Crippen molar-refractivity contribution in [2.24, 2.45) is 5.10 Å². The Morgan fingerprint density at radius 1 is 1.18 bits per heavy atom. The third-order valence-electron chi connectivity index (χ3n) is 5.30. The maximum Gasteiger partial charge on any atom is 0.271 e. The van der Waals surface area contributed by atoms with Gasteiger partial charge in [-0.05, 0) is 62.1 Å². The number of amides is 1. The van der Waals surface area contributed by atoms with E-state index in [0.29, 0.717) is 26.5 Å². The summed E-state index contributed by atoms with van der Waals surface area (Å²) in [6.07, 6.45) is 2.60. The molecule has 0 saturated carbocycles. The average Bonchev–Trinajstić information content (AvgIpc) is 2.62. The van der Waals surface area contributed by atoms with Crippen LogP contribution in [0.2, 0.25) is 15.1 Å². The van der Waals surface area contributed by atoms with E-state index < -0.39 is 0 Å². The number of hydrogen-bond acceptors (Lipinski definition) is 3. The maximum atomic E-state index is 12.2. The Morgan fingerprint density at radius 2 is 1.89 bits per heavy atom. The van der Waals surface area contributed by atoms with Crippen LogP contribution in [-0.2, 0) is 0 Å². The number of nitrogens with one attached hydrogen (secondary N) is 1. The second-order valence-electron chi connectivity index (χ2n) is 7.74. The normalized spacial score (nSPS) is 18.2. The topological polar surface area (TPSA) is 44.7 Å². The van der Waals surface area contributed by atoms with Gasteiger partial charge in [-0.25, -0.2) is 5.43 Å². The predicted molar refractivity (Wildman–Crippen MR) is 118 cm³/mol. The molecule has 1 N–H and O–H groups in total. The van der Waals surface area contributed by atoms with Gasteiger partial charge in [-0.3, -0.25) is 4.79 Å². The van der Waals surface area contributed by atoms with E-state index in [4.69, 9.17) is 34.8 Å². The first kappa shape index (κ1) is 21.0. The molecule has 148 valence electrons. The first-order valence-electron chi connectivity index (χ1n) is 8.96. The highest BCUT2D eigenvalue weighted by molar-refractivity contribution is 6.42. The summed E-state index contributed by atoms with van der Waals surface area (Å²) >= 11 is 18.3. The van der Waals surface area contributed by atoms with Crippen molar-refractivity contribution in [3.05, 3.63) is 62.1 Å². The molecule has 1 atom stereocenters. The molecule has 0 aliphatic carbocycles. The minimum Gasteiger partial charge on any atom is -0.369 e. The van der Waals surface area contributed by atoms with Crippen molar-refractivity contribution in [2.45, 2.75) is 38.6 Å². The van der Waals surface area contributed by atoms with Crippen molar-refractivity contribution in [3.8, 4) is 0 Å². The lowest BCUT2D eigenvalue weighted by molar-refractivity contribution is 0.0955. The number of halogens is 3. The Balaban J connectivity index is 1.80. The third kappa shape index (κ3) is 4.14. The molecule has 3 rings (SSSR count). The van der Waals surface area contributed by atoms with E-state index in [1.807, 2.05) is 12.1 Å². The van der Waals surface area contributed by atoms with Gasteiger partial charge < -0.3 is 4.90 Å². The van der Waals surface area contributed by atoms with Gasteiger partial charge >= 0.3 is 0 Å². The monoisotopic (exact) mass is 437 g/mol. The van der Waals surface area contributed by atoms with Gasteiger partial charge in [0.15, 0.2) is 0 Å². The zero-order valence-corrected chi connectivity index (χ0v) is 18.5. The molecule has 1 amide bonds. The molecular weight excluding hydrogens is 417 g/mol. The number of rotatable bonds is 3. The Kier molecular flexibility index (Phi) is 5.95. The van der Waals surface area contributed by atoms with Crippen molar-refractivity contribution in [2.75, 3.05) is 11.9 Å². The first-order valence-corrected chi connectivity index (χ1v) is 10.1. The second kappa shape index (κ2) is 7.94. The lowest BCUT2D eigenvalue weighted by atomic mass is 9.80. The molecule has 7 heteroatoms. The van der Waals surface area contributed by atoms with Gasteiger partial charge in [0, 0.05) is 29.4 Å². The van der Waals surface area contributed by atoms with Crippen molar-refractivity contribution in [1.82, 2.24) is 5.43 Å². The second-order valence-corrected chi connectivity index (χ2v) is 8.96. The summed E-state index contributed by atoms with van der Waals surface area (Å²) in [5.74, 6) is 0.0233. The van der Waals surface area contributed by atoms with Crippen LogP contribution in [0.3, 0.4) is 0 Å². The molecule has 0 saturated heterocycles. The smallest absolute Gasteiger partial charge is 0.271 e. The number of carbonyl (C=O) groups is 1. The van der Waals surface area contributed by atoms with Crippen LogP contribution in [0.1, 0.15) is 54.6 Å². The standard InChI is InChI=1S/C21H22Cl3N3O/c1-12-10-21(2,3)27(4)19-9-17(23)14(7-15(12)19)11-25-26-20(28)13-5-6-16(22)18(24)8-13/h5-9,11-12H,10H2,1-4H3,(H,26,28)/b25-11-. The van der Waals surface area contributed by atoms with E-state index >= 15 is 0 Å². The summed E-state index contributed by atoms with van der Waals surface area (Å²) in [5.41, 5.74) is 6.05. The number of hydrogen-bond donors (Lipinski definition) is 1. The molecule has 0 aromatic heterocycles. The van der Waals surface area contributed by atoms with E-state index in [-0.39, 0.29) is 11.4 Å². The summed E-state index contributed by atoms with van der Waals surface area (Å²) in [5, 5.41) is 5.35. The van der Waals surface area contributed by atoms with Crippen LogP contribution in [0, 0.1) is 0 Å². The highest BCUT2D eigenvalue weighted by atomic mass is 35.5. The van der Waals surface area contributed by atoms with Gasteiger partial charge in [-0.2, -0.15) is 5.10 Å². The molecule has 0 spiro atoms. The molecular formula is C21H22Cl3N3O. The quantitative estimate of drug-likeness (QED) is 0.462. The van der Waals surface area contributed by atoms with Gasteiger partial charge in [-0.1, -0.05) is 41.7 Å². The molecule has 4 nitrogen and oxygen atoms in total. The van der Waals surface area contributed by atoms with Gasteiger partial charge in [0.2, 0.25) is 0 Å². The lowest BCUT2D eigenvalue weighted by Crippen LogP contribution is -2.45. The molecule has 1 unspecified atom stereocenters. The van der Waals surface area contributed by atoms with Crippen LogP contribution >= 0.6 is 34.8 Å². The molecule has 1 aliphatic rings. The minimum absolute atomic E-state index is 0.0686. The van der Waals surface area contributed by atoms with Crippen LogP contribution in [0.4, 0.5) is 5.69 Å². The Hall–Kier alpha value is -1.75. The molecule has 0 fully saturated rings. The van der Waals surface area contributed by atoms with Crippen molar-refractivity contribution < 1.29 is 4.79 Å². The van der Waals surface area contributed by atoms with E-state index in [2.05, 4.69) is 43.2 Å². The van der Waals surface area contributed by atoms with Crippen molar-refractivity contribution in [3.63, 3.8) is 0 Å². The molecule has 2 aromatic carbocycles. The maximum absolute atomic E-state index is 12.2. The number of hydrazone groups is 1. The van der Waals surface area contributed by atoms with Crippen LogP contribution in [-0.4, -0.2) is 24.7 Å².